The number of hydrogen-bond acceptors (Lipinski definition) is 9. The van der Waals surface area contributed by atoms with Crippen molar-refractivity contribution in [1.82, 2.24) is 29.7 Å². The number of nitrogens with one attached hydrogen (secondary N) is 1. The molecule has 1 unspecified atom stereocenters. The lowest BCUT2D eigenvalue weighted by Crippen LogP contribution is -2.27. The van der Waals surface area contributed by atoms with Crippen LogP contribution in [0.5, 0.6) is 0 Å². The highest BCUT2D eigenvalue weighted by Crippen LogP contribution is 2.21. The minimum absolute atomic E-state index is 0.162. The van der Waals surface area contributed by atoms with Crippen molar-refractivity contribution >= 4 is 22.9 Å². The smallest absolute Gasteiger partial charge is 0.435 e. The fraction of sp³-hybridized carbons (Fsp3) is 0.333. The Balaban J connectivity index is 1.34. The Kier molecular flexibility index (Phi) is 6.98. The molecule has 0 aliphatic carbocycles. The molecule has 1 aliphatic rings. The van der Waals surface area contributed by atoms with Crippen LogP contribution < -0.4 is 5.32 Å². The van der Waals surface area contributed by atoms with Crippen molar-refractivity contribution in [2.45, 2.75) is 45.3 Å². The summed E-state index contributed by atoms with van der Waals surface area (Å²) in [5.74, 6) is 6.04. The summed E-state index contributed by atoms with van der Waals surface area (Å²) in [5, 5.41) is 7.07. The van der Waals surface area contributed by atoms with Crippen LogP contribution in [0, 0.1) is 17.8 Å². The largest absolute Gasteiger partial charge is 0.442 e. The molecule has 0 amide bonds. The molecule has 0 saturated carbocycles. The van der Waals surface area contributed by atoms with Gasteiger partial charge < -0.3 is 14.8 Å². The van der Waals surface area contributed by atoms with Gasteiger partial charge in [-0.2, -0.15) is 9.07 Å². The number of halogens is 1. The summed E-state index contributed by atoms with van der Waals surface area (Å²) in [7, 11) is 0. The van der Waals surface area contributed by atoms with Gasteiger partial charge in [-0.1, -0.05) is 5.92 Å². The van der Waals surface area contributed by atoms with Crippen molar-refractivity contribution in [3.05, 3.63) is 59.9 Å². The van der Waals surface area contributed by atoms with E-state index in [-0.39, 0.29) is 11.5 Å². The minimum Gasteiger partial charge on any atom is -0.442 e. The highest BCUT2D eigenvalue weighted by Gasteiger charge is 2.22. The predicted octanol–water partition coefficient (Wildman–Crippen LogP) is 4.20. The number of anilines is 1. The van der Waals surface area contributed by atoms with Crippen LogP contribution in [0.1, 0.15) is 44.9 Å². The first-order valence-electron chi connectivity index (χ1n) is 12.2. The molecule has 4 aromatic rings. The number of rotatable bonds is 4. The summed E-state index contributed by atoms with van der Waals surface area (Å²) in [4.78, 5) is 30.0. The molecule has 1 saturated heterocycles. The van der Waals surface area contributed by atoms with E-state index in [0.29, 0.717) is 40.8 Å². The Morgan fingerprint density at radius 1 is 1.18 bits per heavy atom. The minimum atomic E-state index is -0.786. The quantitative estimate of drug-likeness (QED) is 0.399. The lowest BCUT2D eigenvalue weighted by molar-refractivity contribution is 0.0519. The number of carbonyl (C=O) groups excluding carboxylic acids is 1. The van der Waals surface area contributed by atoms with Gasteiger partial charge in [0.25, 0.3) is 0 Å². The second-order valence-corrected chi connectivity index (χ2v) is 9.71. The third kappa shape index (κ3) is 5.92. The Morgan fingerprint density at radius 2 is 2.03 bits per heavy atom. The molecule has 0 radical (unpaired) electrons. The van der Waals surface area contributed by atoms with Gasteiger partial charge in [0, 0.05) is 31.1 Å². The van der Waals surface area contributed by atoms with E-state index in [1.165, 1.54) is 6.07 Å². The van der Waals surface area contributed by atoms with E-state index in [0.717, 1.165) is 24.1 Å². The van der Waals surface area contributed by atoms with Gasteiger partial charge in [0.1, 0.15) is 17.0 Å². The van der Waals surface area contributed by atoms with E-state index in [1.54, 1.807) is 57.4 Å². The van der Waals surface area contributed by atoms with Crippen molar-refractivity contribution < 1.29 is 18.7 Å². The number of fused-ring (bicyclic) bond motifs is 1. The molecule has 1 N–H and O–H groups in total. The summed E-state index contributed by atoms with van der Waals surface area (Å²) in [6.07, 6.45) is 4.73. The highest BCUT2D eigenvalue weighted by molar-refractivity contribution is 5.89. The predicted molar refractivity (Wildman–Crippen MR) is 138 cm³/mol. The zero-order valence-electron chi connectivity index (χ0n) is 21.2. The highest BCUT2D eigenvalue weighted by atomic mass is 19.1. The number of hydrogen-bond donors (Lipinski definition) is 1. The first kappa shape index (κ1) is 25.2. The number of ether oxygens (including phenoxy) is 2. The average Bonchev–Trinajstić information content (AvgIpc) is 3.53. The molecular formula is C27H26FN7O3. The molecular weight excluding hydrogens is 489 g/mol. The molecule has 194 valence electrons. The second-order valence-electron chi connectivity index (χ2n) is 9.71. The van der Waals surface area contributed by atoms with Crippen LogP contribution in [0.25, 0.3) is 22.4 Å². The van der Waals surface area contributed by atoms with Crippen LogP contribution in [0.3, 0.4) is 0 Å². The van der Waals surface area contributed by atoms with Crippen LogP contribution >= 0.6 is 0 Å². The number of benzene rings is 1. The maximum Gasteiger partial charge on any atom is 0.435 e. The number of nitrogens with zero attached hydrogens (tertiary/aromatic N) is 6. The molecule has 0 bridgehead atoms. The van der Waals surface area contributed by atoms with Gasteiger partial charge in [-0.15, -0.1) is 5.10 Å². The molecule has 4 heterocycles. The van der Waals surface area contributed by atoms with E-state index in [9.17, 15) is 9.18 Å². The molecule has 1 fully saturated rings. The standard InChI is InChI=1S/C27H26FN7O3/c1-27(2,3)38-26(36)35-22-9-7-17(15-20(22)23(28)34-35)6-8-18-10-12-29-24(32-18)21-11-13-30-25(33-21)31-16-19-5-4-14-37-19/h7,9-13,15,19H,4-5,14,16H2,1-3H3,(H,30,31,33). The maximum absolute atomic E-state index is 14.5. The van der Waals surface area contributed by atoms with Gasteiger partial charge in [-0.25, -0.2) is 24.7 Å². The topological polar surface area (TPSA) is 117 Å². The average molecular weight is 516 g/mol. The molecule has 5 rings (SSSR count). The Hall–Kier alpha value is -4.43. The molecule has 10 nitrogen and oxygen atoms in total. The lowest BCUT2D eigenvalue weighted by Gasteiger charge is -2.19. The van der Waals surface area contributed by atoms with Gasteiger partial charge in [0.15, 0.2) is 5.82 Å². The van der Waals surface area contributed by atoms with Gasteiger partial charge in [-0.3, -0.25) is 0 Å². The van der Waals surface area contributed by atoms with Crippen molar-refractivity contribution in [2.75, 3.05) is 18.5 Å². The van der Waals surface area contributed by atoms with Gasteiger partial charge in [0.2, 0.25) is 11.9 Å². The van der Waals surface area contributed by atoms with Crippen LogP contribution in [0.15, 0.2) is 42.7 Å². The fourth-order valence-electron chi connectivity index (χ4n) is 3.87. The molecule has 1 aromatic carbocycles. The summed E-state index contributed by atoms with van der Waals surface area (Å²) in [6, 6.07) is 8.19. The van der Waals surface area contributed by atoms with Crippen LogP contribution in [0.2, 0.25) is 0 Å². The third-order valence-electron chi connectivity index (χ3n) is 5.59. The van der Waals surface area contributed by atoms with Gasteiger partial charge >= 0.3 is 6.09 Å². The maximum atomic E-state index is 14.5. The third-order valence-corrected chi connectivity index (χ3v) is 5.59. The normalized spacial score (nSPS) is 15.2. The lowest BCUT2D eigenvalue weighted by atomic mass is 10.1. The van der Waals surface area contributed by atoms with E-state index < -0.39 is 17.6 Å². The van der Waals surface area contributed by atoms with Crippen LogP contribution in [-0.4, -0.2) is 60.7 Å². The molecule has 0 spiro atoms. The van der Waals surface area contributed by atoms with E-state index in [4.69, 9.17) is 9.47 Å². The zero-order valence-corrected chi connectivity index (χ0v) is 21.2. The Morgan fingerprint density at radius 3 is 2.82 bits per heavy atom. The first-order chi connectivity index (χ1) is 18.2. The SMILES string of the molecule is CC(C)(C)OC(=O)n1nc(F)c2cc(C#Cc3ccnc(-c4ccnc(NCC5CCCO5)n4)n3)ccc21. The van der Waals surface area contributed by atoms with Crippen LogP contribution in [0.4, 0.5) is 15.1 Å². The van der Waals surface area contributed by atoms with Crippen molar-refractivity contribution in [3.63, 3.8) is 0 Å². The number of carbonyl (C=O) groups is 1. The van der Waals surface area contributed by atoms with E-state index in [1.807, 2.05) is 0 Å². The summed E-state index contributed by atoms with van der Waals surface area (Å²) >= 11 is 0. The molecule has 1 atom stereocenters. The zero-order chi connectivity index (χ0) is 26.7. The van der Waals surface area contributed by atoms with Crippen LogP contribution in [-0.2, 0) is 9.47 Å². The summed E-state index contributed by atoms with van der Waals surface area (Å²) in [5.41, 5.74) is 1.10. The number of aromatic nitrogens is 6. The van der Waals surface area contributed by atoms with Gasteiger partial charge in [-0.05, 0) is 69.9 Å². The van der Waals surface area contributed by atoms with E-state index in [2.05, 4.69) is 42.2 Å². The Bertz CT molecular complexity index is 1550. The monoisotopic (exact) mass is 515 g/mol. The van der Waals surface area contributed by atoms with Crippen molar-refractivity contribution in [1.29, 1.82) is 0 Å². The molecule has 38 heavy (non-hydrogen) atoms. The molecule has 1 aliphatic heterocycles. The summed E-state index contributed by atoms with van der Waals surface area (Å²) < 4.78 is 26.4. The van der Waals surface area contributed by atoms with Crippen molar-refractivity contribution in [2.24, 2.45) is 0 Å². The van der Waals surface area contributed by atoms with E-state index >= 15 is 0 Å². The summed E-state index contributed by atoms with van der Waals surface area (Å²) in [6.45, 7) is 6.61. The van der Waals surface area contributed by atoms with Crippen molar-refractivity contribution in [3.8, 4) is 23.4 Å². The Labute approximate surface area is 218 Å². The van der Waals surface area contributed by atoms with Gasteiger partial charge in [0.05, 0.1) is 17.0 Å². The first-order valence-corrected chi connectivity index (χ1v) is 12.2. The fourth-order valence-corrected chi connectivity index (χ4v) is 3.87. The second kappa shape index (κ2) is 10.5. The molecule has 3 aromatic heterocycles. The molecule has 11 heteroatoms.